The number of nitrogens with zero attached hydrogens (tertiary/aromatic N) is 2. The number of aromatic nitrogens is 2. The van der Waals surface area contributed by atoms with Gasteiger partial charge in [-0.2, -0.15) is 0 Å². The lowest BCUT2D eigenvalue weighted by Crippen LogP contribution is -2.13. The minimum absolute atomic E-state index is 0.187. The highest BCUT2D eigenvalue weighted by Gasteiger charge is 2.08. The maximum Gasteiger partial charge on any atom is 0.255 e. The first-order valence-electron chi connectivity index (χ1n) is 8.77. The van der Waals surface area contributed by atoms with Crippen molar-refractivity contribution in [2.24, 2.45) is 0 Å². The van der Waals surface area contributed by atoms with Crippen molar-refractivity contribution in [1.29, 1.82) is 0 Å². The molecule has 0 spiro atoms. The monoisotopic (exact) mass is 375 g/mol. The molecule has 0 aliphatic heterocycles. The molecule has 142 valence electrons. The molecule has 3 N–H and O–H groups in total. The van der Waals surface area contributed by atoms with Crippen LogP contribution in [0.15, 0.2) is 54.6 Å². The Morgan fingerprint density at radius 1 is 0.786 bits per heavy atom. The molecule has 2 amide bonds. The van der Waals surface area contributed by atoms with Gasteiger partial charge in [-0.05, 0) is 62.4 Å². The smallest absolute Gasteiger partial charge is 0.255 e. The molecule has 0 bridgehead atoms. The number of carbonyl (C=O) groups excluding carboxylic acids is 2. The topological polar surface area (TPSA) is 96.0 Å². The van der Waals surface area contributed by atoms with Gasteiger partial charge in [0, 0.05) is 40.9 Å². The summed E-state index contributed by atoms with van der Waals surface area (Å²) in [4.78, 5) is 32.3. The fourth-order valence-electron chi connectivity index (χ4n) is 2.69. The summed E-state index contributed by atoms with van der Waals surface area (Å²) in [5, 5.41) is 8.65. The molecular formula is C21H21N5O2. The second-order valence-corrected chi connectivity index (χ2v) is 6.39. The van der Waals surface area contributed by atoms with Crippen molar-refractivity contribution < 1.29 is 9.59 Å². The van der Waals surface area contributed by atoms with Crippen LogP contribution in [0.2, 0.25) is 0 Å². The van der Waals surface area contributed by atoms with E-state index in [0.29, 0.717) is 22.9 Å². The predicted molar refractivity (Wildman–Crippen MR) is 110 cm³/mol. The first kappa shape index (κ1) is 19.0. The van der Waals surface area contributed by atoms with E-state index in [0.717, 1.165) is 17.1 Å². The molecular weight excluding hydrogens is 354 g/mol. The van der Waals surface area contributed by atoms with Gasteiger partial charge in [0.1, 0.15) is 0 Å². The average Bonchev–Trinajstić information content (AvgIpc) is 2.62. The minimum atomic E-state index is -0.259. The van der Waals surface area contributed by atoms with E-state index in [1.54, 1.807) is 36.4 Å². The maximum atomic E-state index is 12.4. The van der Waals surface area contributed by atoms with E-state index in [1.165, 1.54) is 6.92 Å². The van der Waals surface area contributed by atoms with Crippen molar-refractivity contribution >= 4 is 34.8 Å². The van der Waals surface area contributed by atoms with Crippen LogP contribution in [0.5, 0.6) is 0 Å². The highest BCUT2D eigenvalue weighted by molar-refractivity contribution is 6.05. The van der Waals surface area contributed by atoms with Crippen LogP contribution in [0.3, 0.4) is 0 Å². The van der Waals surface area contributed by atoms with Crippen molar-refractivity contribution in [2.45, 2.75) is 20.8 Å². The molecule has 2 aromatic carbocycles. The number of nitrogens with one attached hydrogen (secondary N) is 3. The molecule has 28 heavy (non-hydrogen) atoms. The van der Waals surface area contributed by atoms with Crippen molar-refractivity contribution in [3.05, 3.63) is 71.5 Å². The molecule has 0 aliphatic rings. The molecule has 0 fully saturated rings. The first-order valence-corrected chi connectivity index (χ1v) is 8.77. The van der Waals surface area contributed by atoms with Crippen LogP contribution in [-0.4, -0.2) is 21.8 Å². The SMILES string of the molecule is CC(=O)Nc1cccc(C(=O)Nc2ccc(Nc3nc(C)cc(C)n3)cc2)c1. The van der Waals surface area contributed by atoms with Crippen LogP contribution in [-0.2, 0) is 4.79 Å². The summed E-state index contributed by atoms with van der Waals surface area (Å²) in [5.74, 6) is 0.0862. The Hall–Kier alpha value is -3.74. The highest BCUT2D eigenvalue weighted by Crippen LogP contribution is 2.18. The molecule has 0 saturated heterocycles. The molecule has 0 radical (unpaired) electrons. The van der Waals surface area contributed by atoms with E-state index < -0.39 is 0 Å². The van der Waals surface area contributed by atoms with Gasteiger partial charge < -0.3 is 16.0 Å². The maximum absolute atomic E-state index is 12.4. The third-order valence-electron chi connectivity index (χ3n) is 3.83. The Morgan fingerprint density at radius 3 is 2.07 bits per heavy atom. The van der Waals surface area contributed by atoms with Crippen LogP contribution in [0, 0.1) is 13.8 Å². The standard InChI is InChI=1S/C21H21N5O2/c1-13-11-14(2)23-21(22-13)26-18-9-7-17(8-10-18)25-20(28)16-5-4-6-19(12-16)24-15(3)27/h4-12H,1-3H3,(H,24,27)(H,25,28)(H,22,23,26). The van der Waals surface area contributed by atoms with Crippen LogP contribution in [0.4, 0.5) is 23.0 Å². The molecule has 0 atom stereocenters. The first-order chi connectivity index (χ1) is 13.4. The second-order valence-electron chi connectivity index (χ2n) is 6.39. The zero-order valence-corrected chi connectivity index (χ0v) is 15.9. The lowest BCUT2D eigenvalue weighted by Gasteiger charge is -2.09. The summed E-state index contributed by atoms with van der Waals surface area (Å²) in [6, 6.07) is 15.9. The molecule has 1 aromatic heterocycles. The van der Waals surface area contributed by atoms with E-state index in [9.17, 15) is 9.59 Å². The van der Waals surface area contributed by atoms with Gasteiger partial charge in [-0.3, -0.25) is 9.59 Å². The number of benzene rings is 2. The van der Waals surface area contributed by atoms with Gasteiger partial charge in [-0.25, -0.2) is 9.97 Å². The summed E-state index contributed by atoms with van der Waals surface area (Å²) in [5.41, 5.74) is 4.28. The average molecular weight is 375 g/mol. The number of anilines is 4. The Morgan fingerprint density at radius 2 is 1.43 bits per heavy atom. The predicted octanol–water partition coefficient (Wildman–Crippen LogP) is 4.05. The third kappa shape index (κ3) is 5.14. The second kappa shape index (κ2) is 8.30. The van der Waals surface area contributed by atoms with Gasteiger partial charge in [0.15, 0.2) is 0 Å². The Labute approximate surface area is 163 Å². The summed E-state index contributed by atoms with van der Waals surface area (Å²) < 4.78 is 0. The fraction of sp³-hybridized carbons (Fsp3) is 0.143. The Balaban J connectivity index is 1.67. The van der Waals surface area contributed by atoms with Gasteiger partial charge in [0.25, 0.3) is 5.91 Å². The molecule has 1 heterocycles. The zero-order valence-electron chi connectivity index (χ0n) is 15.9. The minimum Gasteiger partial charge on any atom is -0.326 e. The lowest BCUT2D eigenvalue weighted by molar-refractivity contribution is -0.114. The van der Waals surface area contributed by atoms with Gasteiger partial charge in [-0.15, -0.1) is 0 Å². The van der Waals surface area contributed by atoms with Crippen molar-refractivity contribution in [1.82, 2.24) is 9.97 Å². The molecule has 7 heteroatoms. The van der Waals surface area contributed by atoms with Crippen LogP contribution in [0.25, 0.3) is 0 Å². The van der Waals surface area contributed by atoms with Crippen molar-refractivity contribution in [3.63, 3.8) is 0 Å². The summed E-state index contributed by atoms with van der Waals surface area (Å²) in [6.07, 6.45) is 0. The lowest BCUT2D eigenvalue weighted by atomic mass is 10.1. The largest absolute Gasteiger partial charge is 0.326 e. The van der Waals surface area contributed by atoms with E-state index in [2.05, 4.69) is 25.9 Å². The summed E-state index contributed by atoms with van der Waals surface area (Å²) in [6.45, 7) is 5.25. The molecule has 0 saturated carbocycles. The molecule has 0 unspecified atom stereocenters. The van der Waals surface area contributed by atoms with Crippen LogP contribution >= 0.6 is 0 Å². The normalized spacial score (nSPS) is 10.2. The number of carbonyl (C=O) groups is 2. The summed E-state index contributed by atoms with van der Waals surface area (Å²) >= 11 is 0. The highest BCUT2D eigenvalue weighted by atomic mass is 16.2. The van der Waals surface area contributed by atoms with Crippen molar-refractivity contribution in [2.75, 3.05) is 16.0 Å². The molecule has 3 aromatic rings. The van der Waals surface area contributed by atoms with E-state index in [1.807, 2.05) is 32.0 Å². The number of amides is 2. The molecule has 7 nitrogen and oxygen atoms in total. The van der Waals surface area contributed by atoms with Gasteiger partial charge in [0.05, 0.1) is 0 Å². The zero-order chi connectivity index (χ0) is 20.1. The number of rotatable bonds is 5. The molecule has 0 aliphatic carbocycles. The van der Waals surface area contributed by atoms with E-state index >= 15 is 0 Å². The van der Waals surface area contributed by atoms with Gasteiger partial charge in [0.2, 0.25) is 11.9 Å². The number of aryl methyl sites for hydroxylation is 2. The van der Waals surface area contributed by atoms with Crippen LogP contribution in [0.1, 0.15) is 28.7 Å². The van der Waals surface area contributed by atoms with Gasteiger partial charge in [-0.1, -0.05) is 6.07 Å². The Kier molecular flexibility index (Phi) is 5.64. The van der Waals surface area contributed by atoms with Crippen LogP contribution < -0.4 is 16.0 Å². The fourth-order valence-corrected chi connectivity index (χ4v) is 2.69. The number of hydrogen-bond donors (Lipinski definition) is 3. The third-order valence-corrected chi connectivity index (χ3v) is 3.83. The van der Waals surface area contributed by atoms with E-state index in [-0.39, 0.29) is 11.8 Å². The Bertz CT molecular complexity index is 995. The van der Waals surface area contributed by atoms with Gasteiger partial charge >= 0.3 is 0 Å². The molecule has 3 rings (SSSR count). The quantitative estimate of drug-likeness (QED) is 0.625. The number of hydrogen-bond acceptors (Lipinski definition) is 5. The summed E-state index contributed by atoms with van der Waals surface area (Å²) in [7, 11) is 0. The van der Waals surface area contributed by atoms with E-state index in [4.69, 9.17) is 0 Å². The van der Waals surface area contributed by atoms with Crippen molar-refractivity contribution in [3.8, 4) is 0 Å².